The summed E-state index contributed by atoms with van der Waals surface area (Å²) in [4.78, 5) is 23.5. The largest absolute Gasteiger partial charge is 0.467 e. The van der Waals surface area contributed by atoms with Crippen LogP contribution in [0.4, 0.5) is 0 Å². The van der Waals surface area contributed by atoms with Crippen molar-refractivity contribution >= 4 is 11.8 Å². The number of carbonyl (C=O) groups is 2. The summed E-state index contributed by atoms with van der Waals surface area (Å²) in [6, 6.07) is 5.42. The standard InChI is InChI=1S/C13H14O4/c1-3-8-4-5-9-7-13(16,12(15)17-2)11(14)10(9)6-8/h4-6,16H,3,7H2,1-2H3. The van der Waals surface area contributed by atoms with E-state index in [2.05, 4.69) is 4.74 Å². The quantitative estimate of drug-likeness (QED) is 0.609. The number of esters is 1. The van der Waals surface area contributed by atoms with Crippen molar-refractivity contribution in [2.75, 3.05) is 7.11 Å². The molecule has 0 saturated carbocycles. The van der Waals surface area contributed by atoms with Gasteiger partial charge in [-0.2, -0.15) is 0 Å². The molecule has 1 aliphatic carbocycles. The van der Waals surface area contributed by atoms with Gasteiger partial charge in [-0.3, -0.25) is 4.79 Å². The molecule has 0 amide bonds. The highest BCUT2D eigenvalue weighted by Gasteiger charge is 2.51. The number of hydrogen-bond acceptors (Lipinski definition) is 4. The number of aliphatic hydroxyl groups is 1. The van der Waals surface area contributed by atoms with Crippen molar-refractivity contribution in [3.63, 3.8) is 0 Å². The molecule has 1 aliphatic rings. The van der Waals surface area contributed by atoms with E-state index in [-0.39, 0.29) is 6.42 Å². The topological polar surface area (TPSA) is 63.6 Å². The molecule has 1 atom stereocenters. The van der Waals surface area contributed by atoms with Crippen molar-refractivity contribution in [2.45, 2.75) is 25.4 Å². The summed E-state index contributed by atoms with van der Waals surface area (Å²) < 4.78 is 4.49. The predicted molar refractivity (Wildman–Crippen MR) is 60.8 cm³/mol. The van der Waals surface area contributed by atoms with Crippen molar-refractivity contribution in [3.05, 3.63) is 34.9 Å². The SMILES string of the molecule is CCc1ccc2c(c1)C(=O)C(O)(C(=O)OC)C2. The smallest absolute Gasteiger partial charge is 0.346 e. The molecule has 1 aromatic rings. The molecular formula is C13H14O4. The van der Waals surface area contributed by atoms with Gasteiger partial charge in [-0.15, -0.1) is 0 Å². The van der Waals surface area contributed by atoms with Crippen LogP contribution in [0.25, 0.3) is 0 Å². The Kier molecular flexibility index (Phi) is 2.75. The highest BCUT2D eigenvalue weighted by molar-refractivity contribution is 6.18. The Morgan fingerprint density at radius 1 is 1.53 bits per heavy atom. The molecule has 1 aromatic carbocycles. The lowest BCUT2D eigenvalue weighted by atomic mass is 9.99. The minimum absolute atomic E-state index is 0.00215. The van der Waals surface area contributed by atoms with Crippen LogP contribution in [0.3, 0.4) is 0 Å². The Bertz CT molecular complexity index is 492. The predicted octanol–water partition coefficient (Wildman–Crippen LogP) is 0.892. The lowest BCUT2D eigenvalue weighted by Gasteiger charge is -2.16. The van der Waals surface area contributed by atoms with Gasteiger partial charge in [0.25, 0.3) is 0 Å². The van der Waals surface area contributed by atoms with E-state index in [0.717, 1.165) is 19.1 Å². The van der Waals surface area contributed by atoms with Crippen LogP contribution in [0.15, 0.2) is 18.2 Å². The second kappa shape index (κ2) is 3.96. The van der Waals surface area contributed by atoms with Gasteiger partial charge < -0.3 is 9.84 Å². The van der Waals surface area contributed by atoms with Crippen LogP contribution in [-0.2, 0) is 22.4 Å². The maximum absolute atomic E-state index is 12.0. The third-order valence-electron chi connectivity index (χ3n) is 3.17. The van der Waals surface area contributed by atoms with Gasteiger partial charge in [-0.1, -0.05) is 19.1 Å². The second-order valence-corrected chi connectivity index (χ2v) is 4.20. The van der Waals surface area contributed by atoms with Gasteiger partial charge in [0.15, 0.2) is 0 Å². The zero-order chi connectivity index (χ0) is 12.6. The van der Waals surface area contributed by atoms with Gasteiger partial charge >= 0.3 is 5.97 Å². The molecule has 0 aliphatic heterocycles. The summed E-state index contributed by atoms with van der Waals surface area (Å²) in [6.45, 7) is 1.98. The number of Topliss-reactive ketones (excluding diaryl/α,β-unsaturated/α-hetero) is 1. The Hall–Kier alpha value is -1.68. The van der Waals surface area contributed by atoms with Crippen molar-refractivity contribution in [1.82, 2.24) is 0 Å². The molecule has 90 valence electrons. The number of methoxy groups -OCH3 is 1. The average molecular weight is 234 g/mol. The Morgan fingerprint density at radius 2 is 2.24 bits per heavy atom. The third kappa shape index (κ3) is 1.65. The average Bonchev–Trinajstić information content (AvgIpc) is 2.61. The van der Waals surface area contributed by atoms with E-state index in [4.69, 9.17) is 0 Å². The Morgan fingerprint density at radius 3 is 2.82 bits per heavy atom. The molecule has 4 heteroatoms. The van der Waals surface area contributed by atoms with Crippen molar-refractivity contribution < 1.29 is 19.4 Å². The van der Waals surface area contributed by atoms with E-state index in [1.54, 1.807) is 12.1 Å². The van der Waals surface area contributed by atoms with E-state index in [1.165, 1.54) is 0 Å². The number of aryl methyl sites for hydroxylation is 1. The van der Waals surface area contributed by atoms with Crippen LogP contribution in [0.5, 0.6) is 0 Å². The van der Waals surface area contributed by atoms with E-state index < -0.39 is 17.4 Å². The molecule has 4 nitrogen and oxygen atoms in total. The van der Waals surface area contributed by atoms with Crippen LogP contribution in [0, 0.1) is 0 Å². The van der Waals surface area contributed by atoms with Crippen molar-refractivity contribution in [3.8, 4) is 0 Å². The van der Waals surface area contributed by atoms with Crippen molar-refractivity contribution in [2.24, 2.45) is 0 Å². The molecule has 0 spiro atoms. The van der Waals surface area contributed by atoms with Gasteiger partial charge in [0.1, 0.15) is 0 Å². The number of ether oxygens (including phenoxy) is 1. The van der Waals surface area contributed by atoms with Crippen molar-refractivity contribution in [1.29, 1.82) is 0 Å². The molecule has 0 saturated heterocycles. The minimum Gasteiger partial charge on any atom is -0.467 e. The van der Waals surface area contributed by atoms with Crippen LogP contribution in [0.1, 0.15) is 28.4 Å². The highest BCUT2D eigenvalue weighted by Crippen LogP contribution is 2.31. The molecule has 0 radical (unpaired) electrons. The fourth-order valence-corrected chi connectivity index (χ4v) is 2.12. The lowest BCUT2D eigenvalue weighted by Crippen LogP contribution is -2.45. The molecule has 0 heterocycles. The first kappa shape index (κ1) is 11.8. The summed E-state index contributed by atoms with van der Waals surface area (Å²) >= 11 is 0. The first-order chi connectivity index (χ1) is 8.02. The third-order valence-corrected chi connectivity index (χ3v) is 3.17. The monoisotopic (exact) mass is 234 g/mol. The summed E-state index contributed by atoms with van der Waals surface area (Å²) in [5, 5.41) is 10.1. The van der Waals surface area contributed by atoms with E-state index in [0.29, 0.717) is 11.1 Å². The van der Waals surface area contributed by atoms with Gasteiger partial charge in [0.05, 0.1) is 7.11 Å². The van der Waals surface area contributed by atoms with Crippen LogP contribution < -0.4 is 0 Å². The van der Waals surface area contributed by atoms with Gasteiger partial charge in [-0.25, -0.2) is 4.79 Å². The number of hydrogen-bond donors (Lipinski definition) is 1. The minimum atomic E-state index is -2.04. The van der Waals surface area contributed by atoms with Gasteiger partial charge in [0.2, 0.25) is 11.4 Å². The molecule has 1 unspecified atom stereocenters. The molecule has 17 heavy (non-hydrogen) atoms. The zero-order valence-corrected chi connectivity index (χ0v) is 9.82. The number of ketones is 1. The molecular weight excluding hydrogens is 220 g/mol. The van der Waals surface area contributed by atoms with Crippen LogP contribution in [-0.4, -0.2) is 29.6 Å². The summed E-state index contributed by atoms with van der Waals surface area (Å²) in [6.07, 6.45) is 0.801. The maximum Gasteiger partial charge on any atom is 0.346 e. The molecule has 0 aromatic heterocycles. The van der Waals surface area contributed by atoms with E-state index in [1.807, 2.05) is 13.0 Å². The molecule has 2 rings (SSSR count). The maximum atomic E-state index is 12.0. The highest BCUT2D eigenvalue weighted by atomic mass is 16.5. The first-order valence-electron chi connectivity index (χ1n) is 5.50. The molecule has 0 bridgehead atoms. The number of rotatable bonds is 2. The fourth-order valence-electron chi connectivity index (χ4n) is 2.12. The molecule has 1 N–H and O–H groups in total. The Balaban J connectivity index is 2.45. The number of fused-ring (bicyclic) bond motifs is 1. The normalized spacial score (nSPS) is 22.4. The summed E-state index contributed by atoms with van der Waals surface area (Å²) in [5.74, 6) is -1.45. The lowest BCUT2D eigenvalue weighted by molar-refractivity contribution is -0.156. The molecule has 0 fully saturated rings. The zero-order valence-electron chi connectivity index (χ0n) is 9.82. The number of benzene rings is 1. The van der Waals surface area contributed by atoms with Gasteiger partial charge in [-0.05, 0) is 23.6 Å². The van der Waals surface area contributed by atoms with E-state index >= 15 is 0 Å². The first-order valence-corrected chi connectivity index (χ1v) is 5.50. The van der Waals surface area contributed by atoms with Crippen LogP contribution >= 0.6 is 0 Å². The summed E-state index contributed by atoms with van der Waals surface area (Å²) in [5.41, 5.74) is 0.0901. The van der Waals surface area contributed by atoms with Crippen LogP contribution in [0.2, 0.25) is 0 Å². The fraction of sp³-hybridized carbons (Fsp3) is 0.385. The van der Waals surface area contributed by atoms with E-state index in [9.17, 15) is 14.7 Å². The second-order valence-electron chi connectivity index (χ2n) is 4.20. The van der Waals surface area contributed by atoms with Gasteiger partial charge in [0, 0.05) is 12.0 Å². The Labute approximate surface area is 99.2 Å². The summed E-state index contributed by atoms with van der Waals surface area (Å²) in [7, 11) is 1.16. The number of carbonyl (C=O) groups excluding carboxylic acids is 2.